The van der Waals surface area contributed by atoms with Gasteiger partial charge in [0.1, 0.15) is 12.4 Å². The Kier molecular flexibility index (Phi) is 7.86. The molecular formula is C26H33N5O2. The van der Waals surface area contributed by atoms with Crippen molar-refractivity contribution in [1.82, 2.24) is 24.7 Å². The fourth-order valence-corrected chi connectivity index (χ4v) is 4.37. The van der Waals surface area contributed by atoms with E-state index in [0.717, 1.165) is 52.1 Å². The third-order valence-electron chi connectivity index (χ3n) is 6.29. The molecule has 7 nitrogen and oxygen atoms in total. The van der Waals surface area contributed by atoms with Gasteiger partial charge in [0.25, 0.3) is 5.56 Å². The molecule has 4 rings (SSSR count). The number of carbonyl (C=O) groups is 1. The first-order chi connectivity index (χ1) is 16.1. The molecule has 0 radical (unpaired) electrons. The van der Waals surface area contributed by atoms with Gasteiger partial charge < -0.3 is 10.2 Å². The standard InChI is InChI=1S/C26H33N5O2/c1-21-28-24-12-6-5-11-23(24)26(33)31(21)20-25(32)27-13-7-8-14-29-15-17-30(18-16-29)19-22-9-3-2-4-10-22/h2-6,9-12H,7-8,13-20H2,1H3,(H,27,32). The Balaban J connectivity index is 1.14. The number of unbranched alkanes of at least 4 members (excludes halogenated alkanes) is 1. The molecule has 1 aliphatic rings. The van der Waals surface area contributed by atoms with Crippen molar-refractivity contribution in [2.45, 2.75) is 32.9 Å². The van der Waals surface area contributed by atoms with Crippen LogP contribution >= 0.6 is 0 Å². The van der Waals surface area contributed by atoms with Gasteiger partial charge in [0.2, 0.25) is 5.91 Å². The molecule has 1 saturated heterocycles. The van der Waals surface area contributed by atoms with Crippen molar-refractivity contribution in [2.24, 2.45) is 0 Å². The molecule has 174 valence electrons. The molecule has 0 unspecified atom stereocenters. The molecule has 1 aromatic heterocycles. The van der Waals surface area contributed by atoms with Gasteiger partial charge in [-0.15, -0.1) is 0 Å². The summed E-state index contributed by atoms with van der Waals surface area (Å²) in [6, 6.07) is 17.9. The van der Waals surface area contributed by atoms with E-state index in [9.17, 15) is 9.59 Å². The van der Waals surface area contributed by atoms with E-state index in [1.54, 1.807) is 13.0 Å². The van der Waals surface area contributed by atoms with Crippen LogP contribution in [0.3, 0.4) is 0 Å². The number of fused-ring (bicyclic) bond motifs is 1. The molecule has 33 heavy (non-hydrogen) atoms. The third-order valence-corrected chi connectivity index (χ3v) is 6.29. The Bertz CT molecular complexity index is 1120. The minimum Gasteiger partial charge on any atom is -0.355 e. The van der Waals surface area contributed by atoms with E-state index in [4.69, 9.17) is 0 Å². The summed E-state index contributed by atoms with van der Waals surface area (Å²) in [6.45, 7) is 8.86. The van der Waals surface area contributed by atoms with Crippen molar-refractivity contribution in [2.75, 3.05) is 39.3 Å². The molecule has 1 fully saturated rings. The highest BCUT2D eigenvalue weighted by molar-refractivity contribution is 5.79. The van der Waals surface area contributed by atoms with Gasteiger partial charge in [-0.1, -0.05) is 42.5 Å². The molecule has 0 saturated carbocycles. The van der Waals surface area contributed by atoms with Gasteiger partial charge in [0.15, 0.2) is 0 Å². The predicted octanol–water partition coefficient (Wildman–Crippen LogP) is 2.42. The first-order valence-electron chi connectivity index (χ1n) is 11.8. The van der Waals surface area contributed by atoms with Crippen LogP contribution in [0.25, 0.3) is 10.9 Å². The van der Waals surface area contributed by atoms with Crippen molar-refractivity contribution in [3.05, 3.63) is 76.3 Å². The highest BCUT2D eigenvalue weighted by atomic mass is 16.2. The van der Waals surface area contributed by atoms with Crippen molar-refractivity contribution in [3.8, 4) is 0 Å². The van der Waals surface area contributed by atoms with Gasteiger partial charge >= 0.3 is 0 Å². The summed E-state index contributed by atoms with van der Waals surface area (Å²) in [4.78, 5) is 34.6. The van der Waals surface area contributed by atoms with Gasteiger partial charge in [0, 0.05) is 39.3 Å². The first kappa shape index (κ1) is 23.1. The molecular weight excluding hydrogens is 414 g/mol. The van der Waals surface area contributed by atoms with Crippen molar-refractivity contribution < 1.29 is 4.79 Å². The van der Waals surface area contributed by atoms with Crippen LogP contribution in [0.5, 0.6) is 0 Å². The molecule has 0 aliphatic carbocycles. The van der Waals surface area contributed by atoms with Gasteiger partial charge in [0.05, 0.1) is 10.9 Å². The van der Waals surface area contributed by atoms with E-state index >= 15 is 0 Å². The highest BCUT2D eigenvalue weighted by Crippen LogP contribution is 2.09. The normalized spacial score (nSPS) is 15.1. The number of benzene rings is 2. The van der Waals surface area contributed by atoms with E-state index in [0.29, 0.717) is 23.3 Å². The number of hydrogen-bond acceptors (Lipinski definition) is 5. The maximum Gasteiger partial charge on any atom is 0.261 e. The molecule has 0 spiro atoms. The van der Waals surface area contributed by atoms with Crippen LogP contribution in [-0.2, 0) is 17.9 Å². The maximum absolute atomic E-state index is 12.7. The maximum atomic E-state index is 12.7. The minimum atomic E-state index is -0.167. The summed E-state index contributed by atoms with van der Waals surface area (Å²) < 4.78 is 1.45. The van der Waals surface area contributed by atoms with Gasteiger partial charge in [-0.2, -0.15) is 0 Å². The summed E-state index contributed by atoms with van der Waals surface area (Å²) in [5, 5.41) is 3.49. The number of hydrogen-bond donors (Lipinski definition) is 1. The molecule has 0 bridgehead atoms. The predicted molar refractivity (Wildman–Crippen MR) is 131 cm³/mol. The number of rotatable bonds is 9. The summed E-state index contributed by atoms with van der Waals surface area (Å²) in [5.41, 5.74) is 1.87. The Hall–Kier alpha value is -3.03. The zero-order valence-corrected chi connectivity index (χ0v) is 19.4. The summed E-state index contributed by atoms with van der Waals surface area (Å²) >= 11 is 0. The zero-order valence-electron chi connectivity index (χ0n) is 19.4. The number of para-hydroxylation sites is 1. The van der Waals surface area contributed by atoms with E-state index in [-0.39, 0.29) is 18.0 Å². The lowest BCUT2D eigenvalue weighted by molar-refractivity contribution is -0.121. The molecule has 2 aromatic carbocycles. The van der Waals surface area contributed by atoms with E-state index in [1.807, 2.05) is 18.2 Å². The van der Waals surface area contributed by atoms with Crippen molar-refractivity contribution >= 4 is 16.8 Å². The minimum absolute atomic E-state index is 0.00583. The van der Waals surface area contributed by atoms with Crippen LogP contribution in [0.1, 0.15) is 24.2 Å². The van der Waals surface area contributed by atoms with Crippen LogP contribution in [-0.4, -0.2) is 64.5 Å². The smallest absolute Gasteiger partial charge is 0.261 e. The lowest BCUT2D eigenvalue weighted by atomic mass is 10.2. The number of nitrogens with one attached hydrogen (secondary N) is 1. The molecule has 1 N–H and O–H groups in total. The fourth-order valence-electron chi connectivity index (χ4n) is 4.37. The van der Waals surface area contributed by atoms with Crippen molar-refractivity contribution in [3.63, 3.8) is 0 Å². The highest BCUT2D eigenvalue weighted by Gasteiger charge is 2.16. The van der Waals surface area contributed by atoms with Crippen LogP contribution in [0.4, 0.5) is 0 Å². The number of aromatic nitrogens is 2. The van der Waals surface area contributed by atoms with E-state index < -0.39 is 0 Å². The van der Waals surface area contributed by atoms with Crippen LogP contribution < -0.4 is 10.9 Å². The van der Waals surface area contributed by atoms with Crippen LogP contribution in [0.2, 0.25) is 0 Å². The second-order valence-corrected chi connectivity index (χ2v) is 8.73. The van der Waals surface area contributed by atoms with E-state index in [2.05, 4.69) is 50.4 Å². The fraction of sp³-hybridized carbons (Fsp3) is 0.423. The number of piperazine rings is 1. The second-order valence-electron chi connectivity index (χ2n) is 8.73. The largest absolute Gasteiger partial charge is 0.355 e. The molecule has 0 atom stereocenters. The lowest BCUT2D eigenvalue weighted by Gasteiger charge is -2.34. The second kappa shape index (κ2) is 11.2. The Morgan fingerprint density at radius 1 is 0.939 bits per heavy atom. The van der Waals surface area contributed by atoms with Crippen LogP contribution in [0.15, 0.2) is 59.4 Å². The molecule has 1 amide bonds. The quantitative estimate of drug-likeness (QED) is 0.510. The zero-order chi connectivity index (χ0) is 23.0. The summed E-state index contributed by atoms with van der Waals surface area (Å²) in [7, 11) is 0. The van der Waals surface area contributed by atoms with Gasteiger partial charge in [-0.05, 0) is 44.0 Å². The molecule has 2 heterocycles. The number of carbonyl (C=O) groups excluding carboxylic acids is 1. The molecule has 7 heteroatoms. The average Bonchev–Trinajstić information content (AvgIpc) is 2.83. The summed E-state index contributed by atoms with van der Waals surface area (Å²) in [5.74, 6) is 0.409. The Morgan fingerprint density at radius 2 is 1.64 bits per heavy atom. The van der Waals surface area contributed by atoms with Gasteiger partial charge in [-0.25, -0.2) is 4.98 Å². The Morgan fingerprint density at radius 3 is 2.42 bits per heavy atom. The third kappa shape index (κ3) is 6.27. The monoisotopic (exact) mass is 447 g/mol. The topological polar surface area (TPSA) is 70.5 Å². The SMILES string of the molecule is Cc1nc2ccccc2c(=O)n1CC(=O)NCCCCN1CCN(Cc2ccccc2)CC1. The Labute approximate surface area is 195 Å². The number of nitrogens with zero attached hydrogens (tertiary/aromatic N) is 4. The number of amides is 1. The first-order valence-corrected chi connectivity index (χ1v) is 11.8. The average molecular weight is 448 g/mol. The van der Waals surface area contributed by atoms with E-state index in [1.165, 1.54) is 10.1 Å². The lowest BCUT2D eigenvalue weighted by Crippen LogP contribution is -2.46. The molecule has 3 aromatic rings. The van der Waals surface area contributed by atoms with Crippen LogP contribution in [0, 0.1) is 6.92 Å². The molecule has 1 aliphatic heterocycles. The van der Waals surface area contributed by atoms with Gasteiger partial charge in [-0.3, -0.25) is 19.1 Å². The van der Waals surface area contributed by atoms with Crippen molar-refractivity contribution in [1.29, 1.82) is 0 Å². The summed E-state index contributed by atoms with van der Waals surface area (Å²) in [6.07, 6.45) is 1.98. The number of aryl methyl sites for hydroxylation is 1.